The van der Waals surface area contributed by atoms with Crippen LogP contribution in [0.15, 0.2) is 51.8 Å². The largest absolute Gasteiger partial charge is 0.490 e. The third-order valence-corrected chi connectivity index (χ3v) is 6.34. The molecule has 31 heavy (non-hydrogen) atoms. The van der Waals surface area contributed by atoms with Crippen LogP contribution < -0.4 is 14.4 Å². The summed E-state index contributed by atoms with van der Waals surface area (Å²) in [7, 11) is 0. The number of carbonyl (C=O) groups is 2. The number of halogens is 1. The molecule has 0 aliphatic carbocycles. The molecule has 1 fully saturated rings. The summed E-state index contributed by atoms with van der Waals surface area (Å²) in [5.41, 5.74) is 1.40. The van der Waals surface area contributed by atoms with Gasteiger partial charge in [-0.3, -0.25) is 9.69 Å². The normalized spacial score (nSPS) is 16.0. The monoisotopic (exact) mass is 521 g/mol. The molecule has 1 amide bonds. The van der Waals surface area contributed by atoms with Gasteiger partial charge < -0.3 is 14.6 Å². The number of aliphatic carboxylic acids is 1. The van der Waals surface area contributed by atoms with Crippen molar-refractivity contribution in [2.24, 2.45) is 0 Å². The molecule has 0 aromatic heterocycles. The van der Waals surface area contributed by atoms with Crippen molar-refractivity contribution in [2.45, 2.75) is 26.4 Å². The summed E-state index contributed by atoms with van der Waals surface area (Å²) < 4.78 is 12.5. The highest BCUT2D eigenvalue weighted by atomic mass is 79.9. The van der Waals surface area contributed by atoms with Crippen LogP contribution in [0.1, 0.15) is 25.8 Å². The van der Waals surface area contributed by atoms with Crippen molar-refractivity contribution in [3.63, 3.8) is 0 Å². The maximum atomic E-state index is 13.0. The molecule has 3 rings (SSSR count). The Bertz CT molecular complexity index is 1060. The average molecular weight is 522 g/mol. The van der Waals surface area contributed by atoms with Gasteiger partial charge in [-0.25, -0.2) is 4.79 Å². The molecule has 0 bridgehead atoms. The van der Waals surface area contributed by atoms with E-state index in [9.17, 15) is 14.7 Å². The molecule has 1 aliphatic heterocycles. The lowest BCUT2D eigenvalue weighted by Gasteiger charge is -2.17. The minimum Gasteiger partial charge on any atom is -0.490 e. The number of ether oxygens (including phenoxy) is 2. The Hall–Kier alpha value is -2.36. The van der Waals surface area contributed by atoms with Gasteiger partial charge in [-0.15, -0.1) is 0 Å². The van der Waals surface area contributed by atoms with Crippen molar-refractivity contribution in [3.8, 4) is 11.5 Å². The third kappa shape index (κ3) is 5.28. The van der Waals surface area contributed by atoms with E-state index in [1.807, 2.05) is 31.2 Å². The first-order valence-electron chi connectivity index (χ1n) is 9.54. The number of nitrogens with zero attached hydrogens (tertiary/aromatic N) is 1. The van der Waals surface area contributed by atoms with Crippen LogP contribution in [0.5, 0.6) is 11.5 Å². The molecule has 2 aromatic carbocycles. The fourth-order valence-corrected chi connectivity index (χ4v) is 4.65. The Labute approximate surface area is 198 Å². The number of hydrogen-bond acceptors (Lipinski definition) is 6. The molecular weight excluding hydrogens is 502 g/mol. The van der Waals surface area contributed by atoms with Crippen LogP contribution in [-0.2, 0) is 9.59 Å². The van der Waals surface area contributed by atoms with Crippen molar-refractivity contribution in [1.82, 2.24) is 0 Å². The SMILES string of the molecule is CCOc1cc(/C=C2/SC(=S)N(c3ccccc3Br)C2=O)ccc1OC(CC)C(=O)O. The second-order valence-electron chi connectivity index (χ2n) is 6.46. The molecule has 2 aromatic rings. The Balaban J connectivity index is 1.90. The van der Waals surface area contributed by atoms with Crippen molar-refractivity contribution in [1.29, 1.82) is 0 Å². The molecular formula is C22H20BrNO5S2. The van der Waals surface area contributed by atoms with Gasteiger partial charge >= 0.3 is 5.97 Å². The number of para-hydroxylation sites is 1. The number of carboxylic acid groups (broad SMARTS) is 1. The Morgan fingerprint density at radius 2 is 2.00 bits per heavy atom. The van der Waals surface area contributed by atoms with Gasteiger partial charge in [-0.05, 0) is 65.2 Å². The standard InChI is InChI=1S/C22H20BrNO5S2/c1-3-16(21(26)27)29-17-10-9-13(11-18(17)28-4-2)12-19-20(25)24(22(30)31-19)15-8-6-5-7-14(15)23/h5-12,16H,3-4H2,1-2H3,(H,26,27)/b19-12+. The second kappa shape index (κ2) is 10.3. The van der Waals surface area contributed by atoms with E-state index in [2.05, 4.69) is 15.9 Å². The zero-order valence-corrected chi connectivity index (χ0v) is 20.1. The second-order valence-corrected chi connectivity index (χ2v) is 8.99. The fraction of sp³-hybridized carbons (Fsp3) is 0.227. The molecule has 0 spiro atoms. The van der Waals surface area contributed by atoms with Gasteiger partial charge in [0.15, 0.2) is 21.9 Å². The number of anilines is 1. The number of hydrogen-bond donors (Lipinski definition) is 1. The van der Waals surface area contributed by atoms with E-state index in [-0.39, 0.29) is 5.91 Å². The quantitative estimate of drug-likeness (QED) is 0.363. The lowest BCUT2D eigenvalue weighted by atomic mass is 10.1. The summed E-state index contributed by atoms with van der Waals surface area (Å²) in [5, 5.41) is 9.26. The molecule has 1 N–H and O–H groups in total. The smallest absolute Gasteiger partial charge is 0.344 e. The average Bonchev–Trinajstić information content (AvgIpc) is 3.01. The first-order chi connectivity index (χ1) is 14.8. The van der Waals surface area contributed by atoms with Crippen LogP contribution in [0.4, 0.5) is 5.69 Å². The lowest BCUT2D eigenvalue weighted by molar-refractivity contribution is -0.145. The number of carboxylic acids is 1. The van der Waals surface area contributed by atoms with E-state index in [0.29, 0.717) is 45.0 Å². The minimum absolute atomic E-state index is 0.211. The van der Waals surface area contributed by atoms with E-state index in [1.54, 1.807) is 31.2 Å². The van der Waals surface area contributed by atoms with Gasteiger partial charge in [0.1, 0.15) is 0 Å². The summed E-state index contributed by atoms with van der Waals surface area (Å²) in [6, 6.07) is 12.5. The highest BCUT2D eigenvalue weighted by molar-refractivity contribution is 9.10. The summed E-state index contributed by atoms with van der Waals surface area (Å²) >= 11 is 10.1. The molecule has 6 nitrogen and oxygen atoms in total. The predicted octanol–water partition coefficient (Wildman–Crippen LogP) is 5.50. The van der Waals surface area contributed by atoms with Crippen LogP contribution in [-0.4, -0.2) is 34.0 Å². The summed E-state index contributed by atoms with van der Waals surface area (Å²) in [6.07, 6.45) is 1.09. The van der Waals surface area contributed by atoms with Gasteiger partial charge in [0, 0.05) is 4.47 Å². The van der Waals surface area contributed by atoms with Gasteiger partial charge in [0.05, 0.1) is 17.2 Å². The van der Waals surface area contributed by atoms with E-state index >= 15 is 0 Å². The van der Waals surface area contributed by atoms with Gasteiger partial charge in [-0.1, -0.05) is 49.1 Å². The topological polar surface area (TPSA) is 76.1 Å². The maximum Gasteiger partial charge on any atom is 0.344 e. The molecule has 1 saturated heterocycles. The number of benzene rings is 2. The van der Waals surface area contributed by atoms with Crippen molar-refractivity contribution < 1.29 is 24.2 Å². The van der Waals surface area contributed by atoms with E-state index in [0.717, 1.165) is 4.47 Å². The lowest BCUT2D eigenvalue weighted by Crippen LogP contribution is -2.27. The van der Waals surface area contributed by atoms with Gasteiger partial charge in [-0.2, -0.15) is 0 Å². The van der Waals surface area contributed by atoms with Crippen LogP contribution in [0.25, 0.3) is 6.08 Å². The summed E-state index contributed by atoms with van der Waals surface area (Å²) in [6.45, 7) is 3.95. The van der Waals surface area contributed by atoms with Gasteiger partial charge in [0.25, 0.3) is 5.91 Å². The Morgan fingerprint density at radius 1 is 1.26 bits per heavy atom. The molecule has 1 aliphatic rings. The summed E-state index contributed by atoms with van der Waals surface area (Å²) in [5.74, 6) is -0.492. The highest BCUT2D eigenvalue weighted by Crippen LogP contribution is 2.39. The summed E-state index contributed by atoms with van der Waals surface area (Å²) in [4.78, 5) is 26.3. The molecule has 1 atom stereocenters. The number of rotatable bonds is 8. The molecule has 0 radical (unpaired) electrons. The molecule has 1 heterocycles. The van der Waals surface area contributed by atoms with Crippen LogP contribution in [0.3, 0.4) is 0 Å². The molecule has 162 valence electrons. The van der Waals surface area contributed by atoms with E-state index in [1.165, 1.54) is 16.7 Å². The number of amides is 1. The van der Waals surface area contributed by atoms with Crippen LogP contribution >= 0.6 is 39.9 Å². The molecule has 0 saturated carbocycles. The van der Waals surface area contributed by atoms with Crippen LogP contribution in [0.2, 0.25) is 0 Å². The zero-order chi connectivity index (χ0) is 22.5. The number of thioether (sulfide) groups is 1. The minimum atomic E-state index is -1.04. The predicted molar refractivity (Wildman–Crippen MR) is 130 cm³/mol. The molecule has 9 heteroatoms. The number of carbonyl (C=O) groups excluding carboxylic acids is 1. The van der Waals surface area contributed by atoms with E-state index < -0.39 is 12.1 Å². The van der Waals surface area contributed by atoms with E-state index in [4.69, 9.17) is 21.7 Å². The zero-order valence-electron chi connectivity index (χ0n) is 16.8. The van der Waals surface area contributed by atoms with Crippen molar-refractivity contribution >= 4 is 67.9 Å². The fourth-order valence-electron chi connectivity index (χ4n) is 2.90. The van der Waals surface area contributed by atoms with Crippen molar-refractivity contribution in [3.05, 3.63) is 57.4 Å². The highest BCUT2D eigenvalue weighted by Gasteiger charge is 2.34. The maximum absolute atomic E-state index is 13.0. The third-order valence-electron chi connectivity index (χ3n) is 4.37. The van der Waals surface area contributed by atoms with Crippen LogP contribution in [0, 0.1) is 0 Å². The van der Waals surface area contributed by atoms with Crippen molar-refractivity contribution in [2.75, 3.05) is 11.5 Å². The Kier molecular flexibility index (Phi) is 7.74. The van der Waals surface area contributed by atoms with Gasteiger partial charge in [0.2, 0.25) is 0 Å². The first kappa shape index (κ1) is 23.3. The molecule has 1 unspecified atom stereocenters. The first-order valence-corrected chi connectivity index (χ1v) is 11.6. The Morgan fingerprint density at radius 3 is 2.65 bits per heavy atom. The number of thiocarbonyl (C=S) groups is 1.